The van der Waals surface area contributed by atoms with Crippen LogP contribution in [0.15, 0.2) is 30.3 Å². The van der Waals surface area contributed by atoms with Crippen molar-refractivity contribution in [1.29, 1.82) is 0 Å². The van der Waals surface area contributed by atoms with Crippen LogP contribution in [-0.2, 0) is 0 Å². The molecule has 3 N–H and O–H groups in total. The minimum atomic E-state index is 0.102. The van der Waals surface area contributed by atoms with Crippen molar-refractivity contribution in [2.75, 3.05) is 6.54 Å². The van der Waals surface area contributed by atoms with Gasteiger partial charge in [0, 0.05) is 18.6 Å². The van der Waals surface area contributed by atoms with E-state index in [0.29, 0.717) is 6.04 Å². The first-order valence-corrected chi connectivity index (χ1v) is 5.78. The molecule has 0 spiro atoms. The molecule has 0 aliphatic rings. The molecule has 1 aromatic carbocycles. The van der Waals surface area contributed by atoms with Gasteiger partial charge in [0.05, 0.1) is 0 Å². The topological polar surface area (TPSA) is 38.0 Å². The van der Waals surface area contributed by atoms with E-state index in [1.807, 2.05) is 18.2 Å². The van der Waals surface area contributed by atoms with Crippen LogP contribution >= 0.6 is 0 Å². The van der Waals surface area contributed by atoms with Gasteiger partial charge in [0.15, 0.2) is 0 Å². The SMILES string of the molecule is CCCC(C)NCC(N)c1ccccc1. The fourth-order valence-corrected chi connectivity index (χ4v) is 1.68. The molecule has 0 saturated carbocycles. The highest BCUT2D eigenvalue weighted by atomic mass is 14.9. The zero-order valence-corrected chi connectivity index (χ0v) is 9.74. The summed E-state index contributed by atoms with van der Waals surface area (Å²) in [6.45, 7) is 5.27. The van der Waals surface area contributed by atoms with Gasteiger partial charge in [-0.1, -0.05) is 43.7 Å². The molecule has 1 rings (SSSR count). The van der Waals surface area contributed by atoms with Crippen molar-refractivity contribution in [3.63, 3.8) is 0 Å². The Labute approximate surface area is 92.9 Å². The lowest BCUT2D eigenvalue weighted by atomic mass is 10.1. The zero-order chi connectivity index (χ0) is 11.1. The van der Waals surface area contributed by atoms with Gasteiger partial charge in [0.2, 0.25) is 0 Å². The third kappa shape index (κ3) is 4.45. The number of hydrogen-bond donors (Lipinski definition) is 2. The molecule has 0 aliphatic carbocycles. The molecule has 0 amide bonds. The molecule has 2 heteroatoms. The number of benzene rings is 1. The van der Waals surface area contributed by atoms with Gasteiger partial charge in [0.25, 0.3) is 0 Å². The summed E-state index contributed by atoms with van der Waals surface area (Å²) in [6, 6.07) is 10.9. The summed E-state index contributed by atoms with van der Waals surface area (Å²) in [5.74, 6) is 0. The summed E-state index contributed by atoms with van der Waals surface area (Å²) in [5, 5.41) is 3.46. The summed E-state index contributed by atoms with van der Waals surface area (Å²) in [4.78, 5) is 0. The van der Waals surface area contributed by atoms with Gasteiger partial charge in [-0.15, -0.1) is 0 Å². The van der Waals surface area contributed by atoms with Gasteiger partial charge < -0.3 is 11.1 Å². The lowest BCUT2D eigenvalue weighted by Crippen LogP contribution is -2.33. The van der Waals surface area contributed by atoms with Gasteiger partial charge in [-0.05, 0) is 18.9 Å². The molecule has 0 saturated heterocycles. The standard InChI is InChI=1S/C13H22N2/c1-3-7-11(2)15-10-13(14)12-8-5-4-6-9-12/h4-6,8-9,11,13,15H,3,7,10,14H2,1-2H3. The molecule has 0 aromatic heterocycles. The fraction of sp³-hybridized carbons (Fsp3) is 0.538. The minimum Gasteiger partial charge on any atom is -0.323 e. The summed E-state index contributed by atoms with van der Waals surface area (Å²) in [6.07, 6.45) is 2.43. The number of hydrogen-bond acceptors (Lipinski definition) is 2. The summed E-state index contributed by atoms with van der Waals surface area (Å²) in [7, 11) is 0. The third-order valence-corrected chi connectivity index (χ3v) is 2.64. The molecule has 2 unspecified atom stereocenters. The fourth-order valence-electron chi connectivity index (χ4n) is 1.68. The maximum Gasteiger partial charge on any atom is 0.0421 e. The predicted molar refractivity (Wildman–Crippen MR) is 65.7 cm³/mol. The smallest absolute Gasteiger partial charge is 0.0421 e. The average Bonchev–Trinajstić information content (AvgIpc) is 2.27. The van der Waals surface area contributed by atoms with E-state index in [2.05, 4.69) is 31.3 Å². The van der Waals surface area contributed by atoms with Crippen LogP contribution in [0, 0.1) is 0 Å². The Balaban J connectivity index is 2.33. The van der Waals surface area contributed by atoms with E-state index in [1.54, 1.807) is 0 Å². The molecule has 84 valence electrons. The Morgan fingerprint density at radius 1 is 1.27 bits per heavy atom. The van der Waals surface area contributed by atoms with Crippen LogP contribution in [0.2, 0.25) is 0 Å². The Bertz CT molecular complexity index is 258. The van der Waals surface area contributed by atoms with E-state index in [9.17, 15) is 0 Å². The van der Waals surface area contributed by atoms with E-state index >= 15 is 0 Å². The van der Waals surface area contributed by atoms with Gasteiger partial charge in [-0.2, -0.15) is 0 Å². The molecule has 0 fully saturated rings. The zero-order valence-electron chi connectivity index (χ0n) is 9.74. The van der Waals surface area contributed by atoms with Crippen molar-refractivity contribution in [2.24, 2.45) is 5.73 Å². The highest BCUT2D eigenvalue weighted by molar-refractivity contribution is 5.18. The van der Waals surface area contributed by atoms with Crippen LogP contribution < -0.4 is 11.1 Å². The average molecular weight is 206 g/mol. The van der Waals surface area contributed by atoms with Crippen LogP contribution in [0.1, 0.15) is 38.3 Å². The number of nitrogens with one attached hydrogen (secondary N) is 1. The molecule has 0 heterocycles. The normalized spacial score (nSPS) is 14.9. The molecular formula is C13H22N2. The molecule has 15 heavy (non-hydrogen) atoms. The lowest BCUT2D eigenvalue weighted by molar-refractivity contribution is 0.482. The third-order valence-electron chi connectivity index (χ3n) is 2.64. The predicted octanol–water partition coefficient (Wildman–Crippen LogP) is 2.46. The summed E-state index contributed by atoms with van der Waals surface area (Å²) >= 11 is 0. The van der Waals surface area contributed by atoms with Crippen LogP contribution in [0.25, 0.3) is 0 Å². The van der Waals surface area contributed by atoms with E-state index in [4.69, 9.17) is 5.73 Å². The Hall–Kier alpha value is -0.860. The highest BCUT2D eigenvalue weighted by Crippen LogP contribution is 2.08. The van der Waals surface area contributed by atoms with Gasteiger partial charge in [-0.25, -0.2) is 0 Å². The number of nitrogens with two attached hydrogens (primary N) is 1. The first kappa shape index (κ1) is 12.2. The van der Waals surface area contributed by atoms with E-state index in [1.165, 1.54) is 18.4 Å². The van der Waals surface area contributed by atoms with Crippen molar-refractivity contribution in [1.82, 2.24) is 5.32 Å². The van der Waals surface area contributed by atoms with Gasteiger partial charge in [-0.3, -0.25) is 0 Å². The van der Waals surface area contributed by atoms with Crippen molar-refractivity contribution < 1.29 is 0 Å². The second-order valence-corrected chi connectivity index (χ2v) is 4.12. The molecule has 0 radical (unpaired) electrons. The second-order valence-electron chi connectivity index (χ2n) is 4.12. The van der Waals surface area contributed by atoms with E-state index < -0.39 is 0 Å². The molecule has 2 atom stereocenters. The molecule has 2 nitrogen and oxygen atoms in total. The van der Waals surface area contributed by atoms with Crippen LogP contribution in [0.4, 0.5) is 0 Å². The summed E-state index contributed by atoms with van der Waals surface area (Å²) in [5.41, 5.74) is 7.28. The molecule has 0 bridgehead atoms. The van der Waals surface area contributed by atoms with Crippen molar-refractivity contribution in [3.8, 4) is 0 Å². The van der Waals surface area contributed by atoms with Crippen molar-refractivity contribution >= 4 is 0 Å². The highest BCUT2D eigenvalue weighted by Gasteiger charge is 2.06. The molecular weight excluding hydrogens is 184 g/mol. The quantitative estimate of drug-likeness (QED) is 0.750. The maximum absolute atomic E-state index is 6.08. The van der Waals surface area contributed by atoms with Crippen LogP contribution in [0.5, 0.6) is 0 Å². The van der Waals surface area contributed by atoms with Crippen molar-refractivity contribution in [3.05, 3.63) is 35.9 Å². The molecule has 1 aromatic rings. The Morgan fingerprint density at radius 3 is 2.53 bits per heavy atom. The van der Waals surface area contributed by atoms with Gasteiger partial charge >= 0.3 is 0 Å². The van der Waals surface area contributed by atoms with Crippen LogP contribution in [-0.4, -0.2) is 12.6 Å². The number of rotatable bonds is 6. The Kier molecular flexibility index (Phi) is 5.37. The monoisotopic (exact) mass is 206 g/mol. The maximum atomic E-state index is 6.08. The molecule has 0 aliphatic heterocycles. The van der Waals surface area contributed by atoms with E-state index in [0.717, 1.165) is 6.54 Å². The second kappa shape index (κ2) is 6.59. The van der Waals surface area contributed by atoms with E-state index in [-0.39, 0.29) is 6.04 Å². The van der Waals surface area contributed by atoms with Crippen molar-refractivity contribution in [2.45, 2.75) is 38.8 Å². The lowest BCUT2D eigenvalue weighted by Gasteiger charge is -2.17. The Morgan fingerprint density at radius 2 is 1.93 bits per heavy atom. The first-order valence-electron chi connectivity index (χ1n) is 5.78. The first-order chi connectivity index (χ1) is 7.24. The minimum absolute atomic E-state index is 0.102. The summed E-state index contributed by atoms with van der Waals surface area (Å²) < 4.78 is 0. The largest absolute Gasteiger partial charge is 0.323 e. The van der Waals surface area contributed by atoms with Gasteiger partial charge in [0.1, 0.15) is 0 Å². The van der Waals surface area contributed by atoms with Crippen LogP contribution in [0.3, 0.4) is 0 Å².